The van der Waals surface area contributed by atoms with E-state index in [9.17, 15) is 35.2 Å². The Morgan fingerprint density at radius 2 is 1.57 bits per heavy atom. The SMILES string of the molecule is O=C(OCCCCCCCCOC1CCCCO1)C(F)(F)S(=O)(=O)ON=C(c1ccccc1)C(F)(F)F. The molecule has 0 aromatic heterocycles. The van der Waals surface area contributed by atoms with Crippen LogP contribution in [-0.2, 0) is 33.4 Å². The molecule has 1 heterocycles. The highest BCUT2D eigenvalue weighted by molar-refractivity contribution is 7.88. The molecular weight excluding hydrogens is 529 g/mol. The van der Waals surface area contributed by atoms with Crippen molar-refractivity contribution in [3.05, 3.63) is 35.9 Å². The highest BCUT2D eigenvalue weighted by atomic mass is 32.2. The monoisotopic (exact) mass is 559 g/mol. The summed E-state index contributed by atoms with van der Waals surface area (Å²) >= 11 is 0. The molecule has 14 heteroatoms. The molecule has 1 unspecified atom stereocenters. The Morgan fingerprint density at radius 1 is 0.946 bits per heavy atom. The lowest BCUT2D eigenvalue weighted by Crippen LogP contribution is -2.40. The average molecular weight is 560 g/mol. The summed E-state index contributed by atoms with van der Waals surface area (Å²) in [4.78, 5) is 11.6. The van der Waals surface area contributed by atoms with E-state index in [1.54, 1.807) is 0 Å². The first-order valence-corrected chi connectivity index (χ1v) is 13.3. The first-order chi connectivity index (χ1) is 17.4. The summed E-state index contributed by atoms with van der Waals surface area (Å²) in [6.45, 7) is 0.794. The van der Waals surface area contributed by atoms with Gasteiger partial charge in [-0.25, -0.2) is 4.79 Å². The molecule has 0 saturated carbocycles. The van der Waals surface area contributed by atoms with E-state index in [-0.39, 0.29) is 12.7 Å². The molecule has 0 amide bonds. The van der Waals surface area contributed by atoms with Crippen molar-refractivity contribution in [3.63, 3.8) is 0 Å². The number of carbonyl (C=O) groups excluding carboxylic acids is 1. The molecule has 1 atom stereocenters. The molecule has 1 fully saturated rings. The maximum absolute atomic E-state index is 14.1. The zero-order valence-corrected chi connectivity index (χ0v) is 20.9. The fourth-order valence-corrected chi connectivity index (χ4v) is 3.85. The van der Waals surface area contributed by atoms with Gasteiger partial charge in [0.15, 0.2) is 12.0 Å². The Labute approximate surface area is 212 Å². The predicted octanol–water partition coefficient (Wildman–Crippen LogP) is 5.32. The topological polar surface area (TPSA) is 100 Å². The lowest BCUT2D eigenvalue weighted by atomic mass is 10.1. The van der Waals surface area contributed by atoms with Crippen LogP contribution >= 0.6 is 0 Å². The van der Waals surface area contributed by atoms with Crippen molar-refractivity contribution in [1.29, 1.82) is 0 Å². The minimum absolute atomic E-state index is 0.141. The van der Waals surface area contributed by atoms with Gasteiger partial charge in [0.05, 0.1) is 6.61 Å². The van der Waals surface area contributed by atoms with Crippen LogP contribution in [0, 0.1) is 0 Å². The fourth-order valence-electron chi connectivity index (χ4n) is 3.32. The molecule has 8 nitrogen and oxygen atoms in total. The number of alkyl halides is 5. The molecule has 1 aliphatic heterocycles. The Balaban J connectivity index is 1.71. The van der Waals surface area contributed by atoms with Crippen LogP contribution in [0.2, 0.25) is 0 Å². The summed E-state index contributed by atoms with van der Waals surface area (Å²) in [6.07, 6.45) is 1.66. The summed E-state index contributed by atoms with van der Waals surface area (Å²) in [5.74, 6) is -2.46. The van der Waals surface area contributed by atoms with E-state index in [1.807, 2.05) is 0 Å². The Morgan fingerprint density at radius 3 is 2.16 bits per heavy atom. The number of hydrogen-bond donors (Lipinski definition) is 0. The number of benzene rings is 1. The van der Waals surface area contributed by atoms with E-state index in [0.717, 1.165) is 57.1 Å². The zero-order chi connectivity index (χ0) is 27.4. The molecule has 0 spiro atoms. The van der Waals surface area contributed by atoms with Crippen molar-refractivity contribution in [2.45, 2.75) is 75.5 Å². The van der Waals surface area contributed by atoms with Crippen LogP contribution in [0.1, 0.15) is 63.4 Å². The Bertz CT molecular complexity index is 965. The molecule has 0 bridgehead atoms. The van der Waals surface area contributed by atoms with E-state index in [1.165, 1.54) is 18.2 Å². The lowest BCUT2D eigenvalue weighted by Gasteiger charge is -2.22. The number of unbranched alkanes of at least 4 members (excludes halogenated alkanes) is 5. The fraction of sp³-hybridized carbons (Fsp3) is 0.652. The van der Waals surface area contributed by atoms with Crippen LogP contribution in [0.4, 0.5) is 22.0 Å². The molecule has 1 aromatic rings. The number of halogens is 5. The van der Waals surface area contributed by atoms with E-state index in [2.05, 4.69) is 14.2 Å². The summed E-state index contributed by atoms with van der Waals surface area (Å²) in [5.41, 5.74) is -2.49. The van der Waals surface area contributed by atoms with Crippen LogP contribution < -0.4 is 0 Å². The minimum atomic E-state index is -6.21. The molecule has 1 saturated heterocycles. The smallest absolute Gasteiger partial charge is 0.460 e. The van der Waals surface area contributed by atoms with Crippen LogP contribution in [0.5, 0.6) is 0 Å². The quantitative estimate of drug-likeness (QED) is 0.0943. The van der Waals surface area contributed by atoms with Gasteiger partial charge in [-0.1, -0.05) is 61.2 Å². The second-order valence-corrected chi connectivity index (χ2v) is 9.84. The maximum atomic E-state index is 14.1. The van der Waals surface area contributed by atoms with Crippen molar-refractivity contribution >= 4 is 21.8 Å². The molecule has 1 aliphatic rings. The van der Waals surface area contributed by atoms with Crippen LogP contribution in [0.15, 0.2) is 35.5 Å². The van der Waals surface area contributed by atoms with Gasteiger partial charge < -0.3 is 14.2 Å². The van der Waals surface area contributed by atoms with Gasteiger partial charge in [-0.3, -0.25) is 4.28 Å². The first-order valence-electron chi connectivity index (χ1n) is 11.9. The molecule has 210 valence electrons. The molecule has 0 N–H and O–H groups in total. The summed E-state index contributed by atoms with van der Waals surface area (Å²) < 4.78 is 110. The number of carbonyl (C=O) groups is 1. The van der Waals surface area contributed by atoms with Crippen molar-refractivity contribution < 1.29 is 53.7 Å². The lowest BCUT2D eigenvalue weighted by molar-refractivity contribution is -0.163. The summed E-state index contributed by atoms with van der Waals surface area (Å²) in [7, 11) is -6.21. The Hall–Kier alpha value is -2.32. The van der Waals surface area contributed by atoms with Gasteiger partial charge in [0.2, 0.25) is 0 Å². The number of oxime groups is 1. The molecule has 2 rings (SSSR count). The van der Waals surface area contributed by atoms with Crippen LogP contribution in [0.25, 0.3) is 0 Å². The third kappa shape index (κ3) is 10.2. The normalized spacial score (nSPS) is 17.4. The van der Waals surface area contributed by atoms with E-state index < -0.39 is 45.4 Å². The number of hydrogen-bond acceptors (Lipinski definition) is 8. The third-order valence-corrected chi connectivity index (χ3v) is 6.37. The second kappa shape index (κ2) is 14.6. The summed E-state index contributed by atoms with van der Waals surface area (Å²) in [5, 5.41) is -2.89. The van der Waals surface area contributed by atoms with E-state index in [0.29, 0.717) is 19.6 Å². The molecule has 0 aliphatic carbocycles. The average Bonchev–Trinajstić information content (AvgIpc) is 2.85. The standard InChI is InChI=1S/C23H30F5NO7S/c24-22(25,26)20(18-12-6-5-7-13-18)29-36-37(31,32)23(27,28)21(30)35-17-10-4-2-1-3-9-15-33-19-14-8-11-16-34-19/h5-7,12-13,19H,1-4,8-11,14-17H2. The van der Waals surface area contributed by atoms with Gasteiger partial charge in [0.25, 0.3) is 0 Å². The first kappa shape index (κ1) is 30.9. The van der Waals surface area contributed by atoms with Crippen LogP contribution in [-0.4, -0.2) is 57.6 Å². The number of rotatable bonds is 15. The van der Waals surface area contributed by atoms with Crippen LogP contribution in [0.3, 0.4) is 0 Å². The van der Waals surface area contributed by atoms with Gasteiger partial charge in [0.1, 0.15) is 0 Å². The second-order valence-electron chi connectivity index (χ2n) is 8.27. The number of nitrogens with zero attached hydrogens (tertiary/aromatic N) is 1. The zero-order valence-electron chi connectivity index (χ0n) is 20.1. The Kier molecular flexibility index (Phi) is 12.2. The highest BCUT2D eigenvalue weighted by Gasteiger charge is 2.57. The minimum Gasteiger partial charge on any atom is -0.460 e. The van der Waals surface area contributed by atoms with Crippen molar-refractivity contribution in [3.8, 4) is 0 Å². The van der Waals surface area contributed by atoms with E-state index >= 15 is 0 Å². The van der Waals surface area contributed by atoms with Gasteiger partial charge in [0, 0.05) is 18.8 Å². The maximum Gasteiger partial charge on any atom is 0.478 e. The molecular formula is C23H30F5NO7S. The largest absolute Gasteiger partial charge is 0.478 e. The van der Waals surface area contributed by atoms with Gasteiger partial charge in [-0.2, -0.15) is 30.4 Å². The predicted molar refractivity (Wildman–Crippen MR) is 122 cm³/mol. The highest BCUT2D eigenvalue weighted by Crippen LogP contribution is 2.28. The molecule has 1 aromatic carbocycles. The van der Waals surface area contributed by atoms with Crippen molar-refractivity contribution in [1.82, 2.24) is 0 Å². The van der Waals surface area contributed by atoms with Gasteiger partial charge in [-0.15, -0.1) is 0 Å². The third-order valence-electron chi connectivity index (χ3n) is 5.31. The van der Waals surface area contributed by atoms with Crippen molar-refractivity contribution in [2.24, 2.45) is 5.16 Å². The molecule has 37 heavy (non-hydrogen) atoms. The molecule has 0 radical (unpaired) electrons. The number of ether oxygens (including phenoxy) is 3. The van der Waals surface area contributed by atoms with Gasteiger partial charge in [-0.05, 0) is 32.1 Å². The van der Waals surface area contributed by atoms with E-state index in [4.69, 9.17) is 9.47 Å². The van der Waals surface area contributed by atoms with Gasteiger partial charge >= 0.3 is 27.5 Å². The summed E-state index contributed by atoms with van der Waals surface area (Å²) in [6, 6.07) is 5.62. The number of esters is 1. The van der Waals surface area contributed by atoms with Crippen molar-refractivity contribution in [2.75, 3.05) is 19.8 Å².